The van der Waals surface area contributed by atoms with Crippen molar-refractivity contribution in [2.75, 3.05) is 26.2 Å². The summed E-state index contributed by atoms with van der Waals surface area (Å²) < 4.78 is 5.81. The minimum atomic E-state index is 0.446. The van der Waals surface area contributed by atoms with Crippen LogP contribution < -0.4 is 5.73 Å². The largest absolute Gasteiger partial charge is 0.377 e. The van der Waals surface area contributed by atoms with Gasteiger partial charge in [0.1, 0.15) is 0 Å². The third kappa shape index (κ3) is 3.69. The van der Waals surface area contributed by atoms with Crippen LogP contribution in [0.2, 0.25) is 0 Å². The molecule has 0 radical (unpaired) electrons. The normalized spacial score (nSPS) is 29.3. The maximum Gasteiger partial charge on any atom is 0.0702 e. The summed E-state index contributed by atoms with van der Waals surface area (Å²) in [5.41, 5.74) is 6.07. The van der Waals surface area contributed by atoms with Crippen molar-refractivity contribution in [2.45, 2.75) is 64.0 Å². The number of piperidine rings is 1. The third-order valence-electron chi connectivity index (χ3n) is 4.72. The number of nitrogens with zero attached hydrogens (tertiary/aromatic N) is 1. The van der Waals surface area contributed by atoms with Gasteiger partial charge in [-0.05, 0) is 45.1 Å². The zero-order valence-corrected chi connectivity index (χ0v) is 11.9. The molecule has 2 rings (SSSR count). The van der Waals surface area contributed by atoms with Crippen molar-refractivity contribution in [3.8, 4) is 0 Å². The Balaban J connectivity index is 1.89. The highest BCUT2D eigenvalue weighted by Gasteiger charge is 2.31. The standard InChI is InChI=1S/C15H30N2O/c1-2-18-14-9-6-10-17(12-14)15(11-16)13-7-4-3-5-8-13/h13-15H,2-12,16H2,1H3. The lowest BCUT2D eigenvalue weighted by Crippen LogP contribution is -2.51. The highest BCUT2D eigenvalue weighted by Crippen LogP contribution is 2.30. The molecule has 0 bridgehead atoms. The van der Waals surface area contributed by atoms with Crippen LogP contribution in [-0.4, -0.2) is 43.3 Å². The fourth-order valence-electron chi connectivity index (χ4n) is 3.80. The summed E-state index contributed by atoms with van der Waals surface area (Å²) in [4.78, 5) is 2.62. The van der Waals surface area contributed by atoms with Crippen molar-refractivity contribution in [1.29, 1.82) is 0 Å². The summed E-state index contributed by atoms with van der Waals surface area (Å²) >= 11 is 0. The highest BCUT2D eigenvalue weighted by atomic mass is 16.5. The molecule has 1 saturated heterocycles. The predicted octanol–water partition coefficient (Wildman–Crippen LogP) is 2.39. The summed E-state index contributed by atoms with van der Waals surface area (Å²) in [6.45, 7) is 6.09. The first kappa shape index (κ1) is 14.3. The molecule has 1 saturated carbocycles. The van der Waals surface area contributed by atoms with E-state index in [9.17, 15) is 0 Å². The number of likely N-dealkylation sites (tertiary alicyclic amines) is 1. The first-order chi connectivity index (χ1) is 8.85. The average Bonchev–Trinajstić information content (AvgIpc) is 2.42. The molecule has 3 heteroatoms. The van der Waals surface area contributed by atoms with E-state index in [1.165, 1.54) is 51.5 Å². The van der Waals surface area contributed by atoms with Gasteiger partial charge in [-0.2, -0.15) is 0 Å². The molecule has 2 unspecified atom stereocenters. The smallest absolute Gasteiger partial charge is 0.0702 e. The molecule has 2 fully saturated rings. The van der Waals surface area contributed by atoms with Crippen LogP contribution in [0.25, 0.3) is 0 Å². The zero-order valence-electron chi connectivity index (χ0n) is 11.9. The zero-order chi connectivity index (χ0) is 12.8. The predicted molar refractivity (Wildman–Crippen MR) is 75.6 cm³/mol. The molecule has 2 aliphatic rings. The Morgan fingerprint density at radius 2 is 1.94 bits per heavy atom. The first-order valence-electron chi connectivity index (χ1n) is 7.90. The number of rotatable bonds is 5. The van der Waals surface area contributed by atoms with Crippen LogP contribution in [0, 0.1) is 5.92 Å². The molecule has 0 spiro atoms. The van der Waals surface area contributed by atoms with Gasteiger partial charge in [0.15, 0.2) is 0 Å². The van der Waals surface area contributed by atoms with Gasteiger partial charge in [-0.25, -0.2) is 0 Å². The van der Waals surface area contributed by atoms with E-state index >= 15 is 0 Å². The number of hydrogen-bond acceptors (Lipinski definition) is 3. The molecule has 0 aromatic rings. The number of nitrogens with two attached hydrogens (primary N) is 1. The van der Waals surface area contributed by atoms with Gasteiger partial charge in [0.2, 0.25) is 0 Å². The van der Waals surface area contributed by atoms with E-state index < -0.39 is 0 Å². The molecule has 1 heterocycles. The Morgan fingerprint density at radius 3 is 2.61 bits per heavy atom. The van der Waals surface area contributed by atoms with E-state index in [0.717, 1.165) is 25.6 Å². The van der Waals surface area contributed by atoms with Crippen molar-refractivity contribution in [2.24, 2.45) is 11.7 Å². The van der Waals surface area contributed by atoms with E-state index in [2.05, 4.69) is 11.8 Å². The van der Waals surface area contributed by atoms with Gasteiger partial charge in [0, 0.05) is 25.7 Å². The Bertz CT molecular complexity index is 227. The van der Waals surface area contributed by atoms with Gasteiger partial charge in [0.25, 0.3) is 0 Å². The van der Waals surface area contributed by atoms with Crippen LogP contribution in [0.15, 0.2) is 0 Å². The lowest BCUT2D eigenvalue weighted by Gasteiger charge is -2.42. The van der Waals surface area contributed by atoms with Crippen LogP contribution in [0.5, 0.6) is 0 Å². The Morgan fingerprint density at radius 1 is 1.17 bits per heavy atom. The van der Waals surface area contributed by atoms with Crippen LogP contribution in [0.1, 0.15) is 51.9 Å². The van der Waals surface area contributed by atoms with Crippen LogP contribution in [-0.2, 0) is 4.74 Å². The second-order valence-electron chi connectivity index (χ2n) is 5.92. The van der Waals surface area contributed by atoms with Gasteiger partial charge in [-0.1, -0.05) is 19.3 Å². The molecule has 2 atom stereocenters. The molecule has 1 aliphatic carbocycles. The van der Waals surface area contributed by atoms with Gasteiger partial charge in [0.05, 0.1) is 6.10 Å². The quantitative estimate of drug-likeness (QED) is 0.819. The summed E-state index contributed by atoms with van der Waals surface area (Å²) in [6.07, 6.45) is 9.96. The molecule has 3 nitrogen and oxygen atoms in total. The molecule has 106 valence electrons. The average molecular weight is 254 g/mol. The van der Waals surface area contributed by atoms with E-state index in [1.807, 2.05) is 0 Å². The molecule has 1 aliphatic heterocycles. The Labute approximate surface area is 112 Å². The lowest BCUT2D eigenvalue weighted by molar-refractivity contribution is -0.0177. The van der Waals surface area contributed by atoms with E-state index in [0.29, 0.717) is 12.1 Å². The van der Waals surface area contributed by atoms with Gasteiger partial charge < -0.3 is 10.5 Å². The lowest BCUT2D eigenvalue weighted by atomic mass is 9.82. The SMILES string of the molecule is CCOC1CCCN(C(CN)C2CCCCC2)C1. The minimum Gasteiger partial charge on any atom is -0.377 e. The molecule has 0 aromatic carbocycles. The summed E-state index contributed by atoms with van der Waals surface area (Å²) in [6, 6.07) is 0.605. The summed E-state index contributed by atoms with van der Waals surface area (Å²) in [7, 11) is 0. The van der Waals surface area contributed by atoms with Gasteiger partial charge >= 0.3 is 0 Å². The van der Waals surface area contributed by atoms with Crippen molar-refractivity contribution < 1.29 is 4.74 Å². The van der Waals surface area contributed by atoms with E-state index in [4.69, 9.17) is 10.5 Å². The number of hydrogen-bond donors (Lipinski definition) is 1. The van der Waals surface area contributed by atoms with Crippen molar-refractivity contribution in [3.63, 3.8) is 0 Å². The maximum atomic E-state index is 6.07. The van der Waals surface area contributed by atoms with Crippen LogP contribution >= 0.6 is 0 Å². The molecule has 0 amide bonds. The minimum absolute atomic E-state index is 0.446. The van der Waals surface area contributed by atoms with E-state index in [-0.39, 0.29) is 0 Å². The number of ether oxygens (including phenoxy) is 1. The van der Waals surface area contributed by atoms with Crippen molar-refractivity contribution >= 4 is 0 Å². The fourth-order valence-corrected chi connectivity index (χ4v) is 3.80. The molecular formula is C15H30N2O. The molecule has 0 aromatic heterocycles. The highest BCUT2D eigenvalue weighted by molar-refractivity contribution is 4.86. The molecule has 18 heavy (non-hydrogen) atoms. The van der Waals surface area contributed by atoms with Crippen molar-refractivity contribution in [3.05, 3.63) is 0 Å². The third-order valence-corrected chi connectivity index (χ3v) is 4.72. The van der Waals surface area contributed by atoms with Crippen LogP contribution in [0.3, 0.4) is 0 Å². The topological polar surface area (TPSA) is 38.5 Å². The maximum absolute atomic E-state index is 6.07. The van der Waals surface area contributed by atoms with Gasteiger partial charge in [-0.15, -0.1) is 0 Å². The van der Waals surface area contributed by atoms with Crippen LogP contribution in [0.4, 0.5) is 0 Å². The van der Waals surface area contributed by atoms with Gasteiger partial charge in [-0.3, -0.25) is 4.90 Å². The second kappa shape index (κ2) is 7.46. The van der Waals surface area contributed by atoms with Crippen molar-refractivity contribution in [1.82, 2.24) is 4.90 Å². The monoisotopic (exact) mass is 254 g/mol. The van der Waals surface area contributed by atoms with E-state index in [1.54, 1.807) is 0 Å². The first-order valence-corrected chi connectivity index (χ1v) is 7.90. The summed E-state index contributed by atoms with van der Waals surface area (Å²) in [5, 5.41) is 0. The Kier molecular flexibility index (Phi) is 5.93. The Hall–Kier alpha value is -0.120. The molecule has 2 N–H and O–H groups in total. The molecular weight excluding hydrogens is 224 g/mol. The second-order valence-corrected chi connectivity index (χ2v) is 5.92. The fraction of sp³-hybridized carbons (Fsp3) is 1.00. The summed E-state index contributed by atoms with van der Waals surface area (Å²) in [5.74, 6) is 0.837.